The van der Waals surface area contributed by atoms with Gasteiger partial charge in [0.05, 0.1) is 13.2 Å². The van der Waals surface area contributed by atoms with Gasteiger partial charge in [-0.2, -0.15) is 0 Å². The normalized spacial score (nSPS) is 13.2. The number of hydrogen-bond acceptors (Lipinski definition) is 6. The van der Waals surface area contributed by atoms with Crippen LogP contribution in [-0.4, -0.2) is 37.4 Å². The molecule has 0 bridgehead atoms. The summed E-state index contributed by atoms with van der Waals surface area (Å²) in [7, 11) is -4.38. The smallest absolute Gasteiger partial charge is 0.493 e. The first-order valence-electron chi connectivity index (χ1n) is 16.6. The van der Waals surface area contributed by atoms with E-state index in [2.05, 4.69) is 6.92 Å². The Morgan fingerprint density at radius 3 is 2.02 bits per heavy atom. The molecule has 248 valence electrons. The molecule has 0 fully saturated rings. The molecule has 0 spiro atoms. The summed E-state index contributed by atoms with van der Waals surface area (Å²) < 4.78 is 43.1. The lowest BCUT2D eigenvalue weighted by atomic mass is 10.1. The molecule has 45 heavy (non-hydrogen) atoms. The molecule has 2 unspecified atom stereocenters. The van der Waals surface area contributed by atoms with Crippen molar-refractivity contribution in [3.05, 3.63) is 84.2 Å². The van der Waals surface area contributed by atoms with E-state index in [0.717, 1.165) is 23.3 Å². The first kappa shape index (κ1) is 36.6. The minimum Gasteiger partial charge on any atom is -0.493 e. The molecular weight excluding hydrogens is 589 g/mol. The Balaban J connectivity index is 1.39. The number of hydrogen-bond donors (Lipinski definition) is 1. The molecule has 2 atom stereocenters. The molecular formula is C36H53NO7P+. The van der Waals surface area contributed by atoms with E-state index in [0.29, 0.717) is 25.5 Å². The van der Waals surface area contributed by atoms with Gasteiger partial charge in [-0.15, -0.1) is 0 Å². The third kappa shape index (κ3) is 14.8. The summed E-state index contributed by atoms with van der Waals surface area (Å²) in [6.45, 7) is 7.80. The summed E-state index contributed by atoms with van der Waals surface area (Å²) in [6, 6.07) is 18.6. The number of rotatable bonds is 24. The molecule has 0 amide bonds. The van der Waals surface area contributed by atoms with E-state index in [9.17, 15) is 9.46 Å². The summed E-state index contributed by atoms with van der Waals surface area (Å²) in [5.74, 6) is 1.73. The molecule has 0 saturated carbocycles. The lowest BCUT2D eigenvalue weighted by molar-refractivity contribution is -0.688. The molecule has 1 heterocycles. The average molecular weight is 643 g/mol. The van der Waals surface area contributed by atoms with Crippen molar-refractivity contribution in [2.75, 3.05) is 26.4 Å². The van der Waals surface area contributed by atoms with Crippen molar-refractivity contribution in [1.82, 2.24) is 0 Å². The second kappa shape index (κ2) is 21.0. The molecule has 0 aliphatic heterocycles. The topological polar surface area (TPSA) is 87.3 Å². The monoisotopic (exact) mass is 642 g/mol. The van der Waals surface area contributed by atoms with Crippen molar-refractivity contribution < 1.29 is 37.3 Å². The van der Waals surface area contributed by atoms with Gasteiger partial charge in [-0.05, 0) is 56.7 Å². The molecule has 2 aromatic carbocycles. The largest absolute Gasteiger partial charge is 0.527 e. The van der Waals surface area contributed by atoms with Crippen LogP contribution < -0.4 is 18.6 Å². The van der Waals surface area contributed by atoms with Crippen LogP contribution in [-0.2, 0) is 20.4 Å². The van der Waals surface area contributed by atoms with E-state index in [1.807, 2.05) is 79.3 Å². The number of pyridine rings is 1. The number of unbranched alkanes of at least 4 members (excludes halogenated alkanes) is 9. The van der Waals surface area contributed by atoms with Crippen LogP contribution in [0.15, 0.2) is 73.1 Å². The predicted octanol–water partition coefficient (Wildman–Crippen LogP) is 8.61. The summed E-state index contributed by atoms with van der Waals surface area (Å²) in [5, 5.41) is 0. The van der Waals surface area contributed by atoms with Crippen molar-refractivity contribution in [2.24, 2.45) is 0 Å². The zero-order valence-electron chi connectivity index (χ0n) is 27.4. The van der Waals surface area contributed by atoms with Crippen LogP contribution in [0.1, 0.15) is 89.2 Å². The molecule has 1 N–H and O–H groups in total. The minimum atomic E-state index is -4.38. The van der Waals surface area contributed by atoms with Gasteiger partial charge >= 0.3 is 7.82 Å². The highest BCUT2D eigenvalue weighted by molar-refractivity contribution is 7.47. The maximum absolute atomic E-state index is 12.7. The second-order valence-corrected chi connectivity index (χ2v) is 12.7. The van der Waals surface area contributed by atoms with Crippen LogP contribution in [0.4, 0.5) is 0 Å². The van der Waals surface area contributed by atoms with Crippen molar-refractivity contribution >= 4 is 7.82 Å². The van der Waals surface area contributed by atoms with E-state index < -0.39 is 13.9 Å². The van der Waals surface area contributed by atoms with Gasteiger partial charge in [0.1, 0.15) is 30.0 Å². The summed E-state index contributed by atoms with van der Waals surface area (Å²) in [6.07, 6.45) is 16.2. The van der Waals surface area contributed by atoms with Crippen molar-refractivity contribution in [3.8, 4) is 17.2 Å². The van der Waals surface area contributed by atoms with Gasteiger partial charge in [0.25, 0.3) is 0 Å². The Bertz CT molecular complexity index is 1260. The van der Waals surface area contributed by atoms with Gasteiger partial charge in [0.15, 0.2) is 18.9 Å². The third-order valence-corrected chi connectivity index (χ3v) is 8.44. The van der Waals surface area contributed by atoms with E-state index in [4.69, 9.17) is 23.3 Å². The Morgan fingerprint density at radius 1 is 0.756 bits per heavy atom. The molecule has 0 aliphatic carbocycles. The molecule has 3 rings (SSSR count). The Hall–Kier alpha value is -2.90. The molecule has 0 aliphatic rings. The molecule has 0 radical (unpaired) electrons. The molecule has 1 aromatic heterocycles. The number of benzene rings is 2. The standard InChI is InChI=1S/C36H52NO7P/c1-4-6-7-8-9-10-11-12-13-17-27-41-35-19-18-20-36(31(35)3)42-29-34(40-5-2)30-43-45(38,39)44-33-23-21-32(22-24-33)28-37-25-15-14-16-26-37/h14-16,18-26,34H,4-13,17,27-30H2,1-3H3/p+1. The first-order valence-corrected chi connectivity index (χ1v) is 18.1. The van der Waals surface area contributed by atoms with E-state index >= 15 is 0 Å². The average Bonchev–Trinajstić information content (AvgIpc) is 3.04. The van der Waals surface area contributed by atoms with Gasteiger partial charge in [-0.25, -0.2) is 9.13 Å². The fourth-order valence-corrected chi connectivity index (χ4v) is 5.78. The Kier molecular flexibility index (Phi) is 17.1. The SMILES string of the molecule is CCCCCCCCCCCCOc1cccc(OCC(COP(=O)(O)Oc2ccc(C[n+]3ccccc3)cc2)OCC)c1C. The fraction of sp³-hybridized carbons (Fsp3) is 0.528. The Morgan fingerprint density at radius 2 is 1.38 bits per heavy atom. The molecule has 0 saturated heterocycles. The van der Waals surface area contributed by atoms with Crippen molar-refractivity contribution in [1.29, 1.82) is 0 Å². The molecule has 8 nitrogen and oxygen atoms in total. The number of nitrogens with zero attached hydrogens (tertiary/aromatic N) is 1. The number of aromatic nitrogens is 1. The van der Waals surface area contributed by atoms with Crippen LogP contribution in [0.3, 0.4) is 0 Å². The zero-order valence-corrected chi connectivity index (χ0v) is 28.3. The van der Waals surface area contributed by atoms with Crippen LogP contribution in [0.5, 0.6) is 17.2 Å². The highest BCUT2D eigenvalue weighted by Gasteiger charge is 2.26. The van der Waals surface area contributed by atoms with Gasteiger partial charge in [0.2, 0.25) is 0 Å². The summed E-state index contributed by atoms with van der Waals surface area (Å²) in [5.41, 5.74) is 1.94. The summed E-state index contributed by atoms with van der Waals surface area (Å²) in [4.78, 5) is 10.4. The van der Waals surface area contributed by atoms with E-state index in [-0.39, 0.29) is 19.0 Å². The highest BCUT2D eigenvalue weighted by Crippen LogP contribution is 2.44. The number of phosphoric acid groups is 1. The quantitative estimate of drug-likeness (QED) is 0.0595. The van der Waals surface area contributed by atoms with Crippen LogP contribution in [0.25, 0.3) is 0 Å². The summed E-state index contributed by atoms with van der Waals surface area (Å²) >= 11 is 0. The lowest BCUT2D eigenvalue weighted by Crippen LogP contribution is -2.32. The fourth-order valence-electron chi connectivity index (χ4n) is 4.98. The number of phosphoric ester groups is 1. The van der Waals surface area contributed by atoms with Crippen LogP contribution >= 0.6 is 7.82 Å². The van der Waals surface area contributed by atoms with Crippen molar-refractivity contribution in [2.45, 2.75) is 97.6 Å². The predicted molar refractivity (Wildman–Crippen MR) is 178 cm³/mol. The Labute approximate surface area is 270 Å². The van der Waals surface area contributed by atoms with Crippen LogP contribution in [0.2, 0.25) is 0 Å². The third-order valence-electron chi connectivity index (χ3n) is 7.53. The lowest BCUT2D eigenvalue weighted by Gasteiger charge is -2.21. The van der Waals surface area contributed by atoms with E-state index in [1.165, 1.54) is 57.8 Å². The highest BCUT2D eigenvalue weighted by atomic mass is 31.2. The zero-order chi connectivity index (χ0) is 32.2. The van der Waals surface area contributed by atoms with Crippen molar-refractivity contribution in [3.63, 3.8) is 0 Å². The van der Waals surface area contributed by atoms with Crippen LogP contribution in [0, 0.1) is 6.92 Å². The first-order chi connectivity index (χ1) is 21.9. The van der Waals surface area contributed by atoms with E-state index in [1.54, 1.807) is 12.1 Å². The van der Waals surface area contributed by atoms with Gasteiger partial charge in [-0.1, -0.05) is 76.8 Å². The number of ether oxygens (including phenoxy) is 3. The van der Waals surface area contributed by atoms with Gasteiger partial charge < -0.3 is 18.7 Å². The van der Waals surface area contributed by atoms with Gasteiger partial charge in [0, 0.05) is 29.9 Å². The minimum absolute atomic E-state index is 0.141. The van der Waals surface area contributed by atoms with Gasteiger partial charge in [-0.3, -0.25) is 9.42 Å². The maximum atomic E-state index is 12.7. The molecule has 3 aromatic rings. The maximum Gasteiger partial charge on any atom is 0.527 e. The second-order valence-electron chi connectivity index (χ2n) is 11.3. The molecule has 9 heteroatoms.